The number of piperidine rings is 1. The quantitative estimate of drug-likeness (QED) is 0.850. The smallest absolute Gasteiger partial charge is 0.361 e. The van der Waals surface area contributed by atoms with Gasteiger partial charge < -0.3 is 9.42 Å². The minimum Gasteiger partial charge on any atom is -0.361 e. The monoisotopic (exact) mass is 328 g/mol. The number of aryl methyl sites for hydroxylation is 1. The van der Waals surface area contributed by atoms with Gasteiger partial charge in [-0.15, -0.1) is 0 Å². The van der Waals surface area contributed by atoms with Gasteiger partial charge in [0, 0.05) is 25.4 Å². The van der Waals surface area contributed by atoms with Gasteiger partial charge in [0.15, 0.2) is 11.4 Å². The summed E-state index contributed by atoms with van der Waals surface area (Å²) in [6.07, 6.45) is -2.01. The Bertz CT molecular complexity index is 699. The molecular weight excluding hydrogens is 313 g/mol. The molecule has 0 aliphatic carbocycles. The van der Waals surface area contributed by atoms with E-state index in [2.05, 4.69) is 10.3 Å². The highest BCUT2D eigenvalue weighted by atomic mass is 19.4. The molecule has 3 rings (SSSR count). The molecule has 1 aliphatic heterocycles. The molecule has 2 aromatic heterocycles. The van der Waals surface area contributed by atoms with Gasteiger partial charge in [0.25, 0.3) is 5.91 Å². The van der Waals surface area contributed by atoms with Gasteiger partial charge in [-0.1, -0.05) is 5.16 Å². The predicted octanol–water partition coefficient (Wildman–Crippen LogP) is 2.68. The van der Waals surface area contributed by atoms with Crippen LogP contribution in [0, 0.1) is 6.92 Å². The van der Waals surface area contributed by atoms with Crippen molar-refractivity contribution in [1.82, 2.24) is 19.8 Å². The fourth-order valence-electron chi connectivity index (χ4n) is 2.66. The zero-order valence-electron chi connectivity index (χ0n) is 12.4. The van der Waals surface area contributed by atoms with Crippen LogP contribution < -0.4 is 0 Å². The fourth-order valence-corrected chi connectivity index (χ4v) is 2.66. The van der Waals surface area contributed by atoms with Crippen molar-refractivity contribution < 1.29 is 22.5 Å². The molecular formula is C14H15F3N4O2. The van der Waals surface area contributed by atoms with Crippen molar-refractivity contribution in [2.75, 3.05) is 13.1 Å². The van der Waals surface area contributed by atoms with Crippen LogP contribution in [0.3, 0.4) is 0 Å². The predicted molar refractivity (Wildman–Crippen MR) is 72.6 cm³/mol. The lowest BCUT2D eigenvalue weighted by atomic mass is 10.0. The molecule has 0 bridgehead atoms. The number of rotatable bonds is 2. The van der Waals surface area contributed by atoms with E-state index < -0.39 is 11.9 Å². The lowest BCUT2D eigenvalue weighted by molar-refractivity contribution is -0.141. The van der Waals surface area contributed by atoms with Crippen LogP contribution >= 0.6 is 0 Å². The zero-order valence-corrected chi connectivity index (χ0v) is 12.4. The van der Waals surface area contributed by atoms with Crippen LogP contribution in [0.4, 0.5) is 13.2 Å². The average molecular weight is 328 g/mol. The first-order valence-corrected chi connectivity index (χ1v) is 7.19. The van der Waals surface area contributed by atoms with Crippen molar-refractivity contribution in [2.45, 2.75) is 32.0 Å². The van der Waals surface area contributed by atoms with E-state index in [0.717, 1.165) is 6.07 Å². The van der Waals surface area contributed by atoms with E-state index in [4.69, 9.17) is 4.52 Å². The topological polar surface area (TPSA) is 64.2 Å². The van der Waals surface area contributed by atoms with Crippen LogP contribution in [0.5, 0.6) is 0 Å². The van der Waals surface area contributed by atoms with Crippen molar-refractivity contribution in [3.05, 3.63) is 35.5 Å². The third-order valence-corrected chi connectivity index (χ3v) is 3.87. The maximum atomic E-state index is 12.6. The summed E-state index contributed by atoms with van der Waals surface area (Å²) in [5, 5.41) is 7.29. The first kappa shape index (κ1) is 15.6. The van der Waals surface area contributed by atoms with E-state index in [0.29, 0.717) is 31.7 Å². The second kappa shape index (κ2) is 5.71. The lowest BCUT2D eigenvalue weighted by Crippen LogP contribution is -2.39. The molecule has 1 aliphatic rings. The van der Waals surface area contributed by atoms with E-state index in [1.54, 1.807) is 17.9 Å². The summed E-state index contributed by atoms with van der Waals surface area (Å²) in [5.74, 6) is 0.330. The standard InChI is InChI=1S/C14H15F3N4O2/c1-9-8-11(19-23-9)13(22)20-5-2-10(3-6-20)21-7-4-12(18-21)14(15,16)17/h4,7-8,10H,2-3,5-6H2,1H3. The number of likely N-dealkylation sites (tertiary alicyclic amines) is 1. The number of alkyl halides is 3. The van der Waals surface area contributed by atoms with E-state index in [1.165, 1.54) is 10.9 Å². The van der Waals surface area contributed by atoms with E-state index in [1.807, 2.05) is 0 Å². The summed E-state index contributed by atoms with van der Waals surface area (Å²) < 4.78 is 44.0. The molecule has 9 heteroatoms. The van der Waals surface area contributed by atoms with Gasteiger partial charge in [-0.3, -0.25) is 9.48 Å². The third-order valence-electron chi connectivity index (χ3n) is 3.87. The normalized spacial score (nSPS) is 16.8. The molecule has 1 saturated heterocycles. The molecule has 0 aromatic carbocycles. The number of carbonyl (C=O) groups is 1. The Kier molecular flexibility index (Phi) is 3.87. The van der Waals surface area contributed by atoms with Crippen LogP contribution in [0.15, 0.2) is 22.9 Å². The lowest BCUT2D eigenvalue weighted by Gasteiger charge is -2.31. The van der Waals surface area contributed by atoms with Crippen LogP contribution in [-0.4, -0.2) is 38.8 Å². The van der Waals surface area contributed by atoms with Gasteiger partial charge in [-0.05, 0) is 25.8 Å². The molecule has 1 amide bonds. The van der Waals surface area contributed by atoms with Gasteiger partial charge >= 0.3 is 6.18 Å². The number of hydrogen-bond donors (Lipinski definition) is 0. The summed E-state index contributed by atoms with van der Waals surface area (Å²) in [6, 6.07) is 2.39. The summed E-state index contributed by atoms with van der Waals surface area (Å²) >= 11 is 0. The number of nitrogens with zero attached hydrogens (tertiary/aromatic N) is 4. The van der Waals surface area contributed by atoms with E-state index in [-0.39, 0.29) is 17.6 Å². The Balaban J connectivity index is 1.62. The molecule has 0 unspecified atom stereocenters. The number of carbonyl (C=O) groups excluding carboxylic acids is 1. The van der Waals surface area contributed by atoms with Crippen LogP contribution in [0.2, 0.25) is 0 Å². The second-order valence-corrected chi connectivity index (χ2v) is 5.52. The maximum absolute atomic E-state index is 12.6. The highest BCUT2D eigenvalue weighted by molar-refractivity contribution is 5.92. The Morgan fingerprint density at radius 1 is 1.35 bits per heavy atom. The van der Waals surface area contributed by atoms with Crippen molar-refractivity contribution in [3.8, 4) is 0 Å². The van der Waals surface area contributed by atoms with Crippen LogP contribution in [0.1, 0.15) is 40.8 Å². The van der Waals surface area contributed by atoms with Gasteiger partial charge in [0.2, 0.25) is 0 Å². The number of halogens is 3. The largest absolute Gasteiger partial charge is 0.435 e. The van der Waals surface area contributed by atoms with E-state index in [9.17, 15) is 18.0 Å². The second-order valence-electron chi connectivity index (χ2n) is 5.52. The fraction of sp³-hybridized carbons (Fsp3) is 0.500. The highest BCUT2D eigenvalue weighted by Crippen LogP contribution is 2.29. The summed E-state index contributed by atoms with van der Waals surface area (Å²) in [5.41, 5.74) is -0.645. The molecule has 0 radical (unpaired) electrons. The molecule has 6 nitrogen and oxygen atoms in total. The molecule has 0 saturated carbocycles. The first-order chi connectivity index (χ1) is 10.8. The summed E-state index contributed by atoms with van der Waals surface area (Å²) in [6.45, 7) is 2.58. The van der Waals surface area contributed by atoms with Crippen molar-refractivity contribution in [1.29, 1.82) is 0 Å². The Hall–Kier alpha value is -2.32. The van der Waals surface area contributed by atoms with Gasteiger partial charge in [0.1, 0.15) is 5.76 Å². The molecule has 23 heavy (non-hydrogen) atoms. The van der Waals surface area contributed by atoms with Crippen LogP contribution in [0.25, 0.3) is 0 Å². The maximum Gasteiger partial charge on any atom is 0.435 e. The molecule has 124 valence electrons. The Morgan fingerprint density at radius 2 is 2.04 bits per heavy atom. The number of hydrogen-bond acceptors (Lipinski definition) is 4. The van der Waals surface area contributed by atoms with Gasteiger partial charge in [-0.25, -0.2) is 0 Å². The Labute approximate surface area is 129 Å². The molecule has 2 aromatic rings. The van der Waals surface area contributed by atoms with Crippen LogP contribution in [-0.2, 0) is 6.18 Å². The van der Waals surface area contributed by atoms with Crippen molar-refractivity contribution in [2.24, 2.45) is 0 Å². The van der Waals surface area contributed by atoms with Gasteiger partial charge in [-0.2, -0.15) is 18.3 Å². The van der Waals surface area contributed by atoms with Crippen molar-refractivity contribution >= 4 is 5.91 Å². The Morgan fingerprint density at radius 3 is 2.57 bits per heavy atom. The highest BCUT2D eigenvalue weighted by Gasteiger charge is 2.34. The number of amides is 1. The SMILES string of the molecule is Cc1cc(C(=O)N2CCC(n3ccc(C(F)(F)F)n3)CC2)no1. The molecule has 1 fully saturated rings. The van der Waals surface area contributed by atoms with E-state index >= 15 is 0 Å². The third kappa shape index (κ3) is 3.22. The summed E-state index contributed by atoms with van der Waals surface area (Å²) in [4.78, 5) is 13.9. The molecule has 0 spiro atoms. The van der Waals surface area contributed by atoms with Crippen molar-refractivity contribution in [3.63, 3.8) is 0 Å². The summed E-state index contributed by atoms with van der Waals surface area (Å²) in [7, 11) is 0. The van der Waals surface area contributed by atoms with Gasteiger partial charge in [0.05, 0.1) is 6.04 Å². The molecule has 0 atom stereocenters. The minimum atomic E-state index is -4.44. The molecule has 3 heterocycles. The average Bonchev–Trinajstić information content (AvgIpc) is 3.15. The zero-order chi connectivity index (χ0) is 16.6. The number of aromatic nitrogens is 3. The molecule has 0 N–H and O–H groups in total. The minimum absolute atomic E-state index is 0.144. The first-order valence-electron chi connectivity index (χ1n) is 7.19.